The summed E-state index contributed by atoms with van der Waals surface area (Å²) in [6.45, 7) is 1.72. The number of rotatable bonds is 6. The highest BCUT2D eigenvalue weighted by molar-refractivity contribution is 5.40. The number of para-hydroxylation sites is 1. The van der Waals surface area contributed by atoms with Crippen LogP contribution >= 0.6 is 0 Å². The zero-order chi connectivity index (χ0) is 14.5. The molecule has 21 heavy (non-hydrogen) atoms. The number of hydrogen-bond donors (Lipinski definition) is 1. The van der Waals surface area contributed by atoms with Gasteiger partial charge in [0.25, 0.3) is 0 Å². The van der Waals surface area contributed by atoms with Crippen molar-refractivity contribution < 1.29 is 0 Å². The fraction of sp³-hybridized carbons (Fsp3) is 0.250. The van der Waals surface area contributed by atoms with Gasteiger partial charge in [0, 0.05) is 51.3 Å². The lowest BCUT2D eigenvalue weighted by Gasteiger charge is -2.10. The Balaban J connectivity index is 1.60. The first-order valence-electron chi connectivity index (χ1n) is 7.09. The van der Waals surface area contributed by atoms with Crippen LogP contribution in [-0.2, 0) is 20.0 Å². The van der Waals surface area contributed by atoms with E-state index in [4.69, 9.17) is 0 Å². The number of aryl methyl sites for hydroxylation is 1. The predicted molar refractivity (Wildman–Crippen MR) is 82.2 cm³/mol. The number of benzene rings is 1. The monoisotopic (exact) mass is 281 g/mol. The molecule has 1 N–H and O–H groups in total. The number of nitrogens with zero attached hydrogens (tertiary/aromatic N) is 4. The van der Waals surface area contributed by atoms with Crippen LogP contribution < -0.4 is 5.32 Å². The van der Waals surface area contributed by atoms with Gasteiger partial charge < -0.3 is 9.88 Å². The quantitative estimate of drug-likeness (QED) is 0.702. The number of nitrogens with one attached hydrogen (secondary N) is 1. The van der Waals surface area contributed by atoms with Gasteiger partial charge >= 0.3 is 0 Å². The van der Waals surface area contributed by atoms with Gasteiger partial charge in [-0.25, -0.2) is 9.67 Å². The normalized spacial score (nSPS) is 10.9. The van der Waals surface area contributed by atoms with E-state index in [2.05, 4.69) is 38.2 Å². The second kappa shape index (κ2) is 6.37. The minimum atomic E-state index is 0.820. The van der Waals surface area contributed by atoms with Gasteiger partial charge in [0.2, 0.25) is 0 Å². The average Bonchev–Trinajstić information content (AvgIpc) is 3.16. The average molecular weight is 281 g/mol. The molecule has 1 aromatic carbocycles. The van der Waals surface area contributed by atoms with Crippen LogP contribution in [0.25, 0.3) is 5.69 Å². The van der Waals surface area contributed by atoms with Crippen LogP contribution in [0.3, 0.4) is 0 Å². The highest BCUT2D eigenvalue weighted by Gasteiger charge is 2.04. The van der Waals surface area contributed by atoms with E-state index < -0.39 is 0 Å². The van der Waals surface area contributed by atoms with Crippen molar-refractivity contribution in [1.29, 1.82) is 0 Å². The van der Waals surface area contributed by atoms with E-state index in [1.54, 1.807) is 6.20 Å². The Kier molecular flexibility index (Phi) is 4.12. The van der Waals surface area contributed by atoms with Gasteiger partial charge in [-0.15, -0.1) is 0 Å². The first-order chi connectivity index (χ1) is 10.3. The van der Waals surface area contributed by atoms with Crippen molar-refractivity contribution in [2.75, 3.05) is 6.54 Å². The molecule has 0 radical (unpaired) electrons. The SMILES string of the molecule is Cn1ccnc1CCNCc1ccccc1-n1cccn1. The maximum absolute atomic E-state index is 4.33. The summed E-state index contributed by atoms with van der Waals surface area (Å²) >= 11 is 0. The molecule has 0 amide bonds. The minimum Gasteiger partial charge on any atom is -0.338 e. The van der Waals surface area contributed by atoms with Crippen LogP contribution in [0.15, 0.2) is 55.1 Å². The molecular weight excluding hydrogens is 262 g/mol. The Morgan fingerprint density at radius 2 is 2.00 bits per heavy atom. The lowest BCUT2D eigenvalue weighted by atomic mass is 10.1. The second-order valence-electron chi connectivity index (χ2n) is 4.96. The number of aromatic nitrogens is 4. The van der Waals surface area contributed by atoms with Crippen molar-refractivity contribution in [2.24, 2.45) is 7.05 Å². The molecule has 0 aliphatic heterocycles. The van der Waals surface area contributed by atoms with E-state index in [0.717, 1.165) is 31.0 Å². The van der Waals surface area contributed by atoms with E-state index in [0.29, 0.717) is 0 Å². The van der Waals surface area contributed by atoms with Gasteiger partial charge in [-0.3, -0.25) is 0 Å². The molecule has 2 heterocycles. The zero-order valence-electron chi connectivity index (χ0n) is 12.1. The molecule has 0 atom stereocenters. The lowest BCUT2D eigenvalue weighted by Crippen LogP contribution is -2.19. The maximum atomic E-state index is 4.33. The molecule has 0 fully saturated rings. The smallest absolute Gasteiger partial charge is 0.109 e. The third-order valence-corrected chi connectivity index (χ3v) is 3.50. The zero-order valence-corrected chi connectivity index (χ0v) is 12.1. The molecule has 2 aromatic heterocycles. The highest BCUT2D eigenvalue weighted by Crippen LogP contribution is 2.13. The van der Waals surface area contributed by atoms with Gasteiger partial charge in [0.05, 0.1) is 5.69 Å². The summed E-state index contributed by atoms with van der Waals surface area (Å²) < 4.78 is 3.95. The molecule has 0 saturated heterocycles. The molecule has 5 heteroatoms. The number of hydrogen-bond acceptors (Lipinski definition) is 3. The van der Waals surface area contributed by atoms with Crippen LogP contribution in [0.4, 0.5) is 0 Å². The molecule has 0 aliphatic rings. The Morgan fingerprint density at radius 1 is 1.10 bits per heavy atom. The molecule has 3 aromatic rings. The molecule has 0 aliphatic carbocycles. The topological polar surface area (TPSA) is 47.7 Å². The Morgan fingerprint density at radius 3 is 2.76 bits per heavy atom. The minimum absolute atomic E-state index is 0.820. The van der Waals surface area contributed by atoms with Gasteiger partial charge in [0.15, 0.2) is 0 Å². The molecule has 0 bridgehead atoms. The van der Waals surface area contributed by atoms with Crippen molar-refractivity contribution in [2.45, 2.75) is 13.0 Å². The second-order valence-corrected chi connectivity index (χ2v) is 4.96. The van der Waals surface area contributed by atoms with Crippen LogP contribution in [0, 0.1) is 0 Å². The number of imidazole rings is 1. The van der Waals surface area contributed by atoms with Gasteiger partial charge in [-0.1, -0.05) is 18.2 Å². The summed E-state index contributed by atoms with van der Waals surface area (Å²) in [5.74, 6) is 1.10. The van der Waals surface area contributed by atoms with Crippen LogP contribution in [-0.4, -0.2) is 25.9 Å². The fourth-order valence-electron chi connectivity index (χ4n) is 2.36. The Bertz CT molecular complexity index is 684. The standard InChI is InChI=1S/C16H19N5/c1-20-12-10-18-16(20)7-9-17-13-14-5-2-3-6-15(14)21-11-4-8-19-21/h2-6,8,10-12,17H,7,9,13H2,1H3. The van der Waals surface area contributed by atoms with Crippen molar-refractivity contribution in [1.82, 2.24) is 24.6 Å². The summed E-state index contributed by atoms with van der Waals surface area (Å²) in [5, 5.41) is 7.78. The first kappa shape index (κ1) is 13.6. The summed E-state index contributed by atoms with van der Waals surface area (Å²) in [7, 11) is 2.02. The van der Waals surface area contributed by atoms with E-state index in [1.165, 1.54) is 5.56 Å². The lowest BCUT2D eigenvalue weighted by molar-refractivity contribution is 0.651. The van der Waals surface area contributed by atoms with E-state index in [9.17, 15) is 0 Å². The molecule has 108 valence electrons. The Labute approximate surface area is 124 Å². The summed E-state index contributed by atoms with van der Waals surface area (Å²) in [6, 6.07) is 10.2. The summed E-state index contributed by atoms with van der Waals surface area (Å²) in [6.07, 6.45) is 8.50. The van der Waals surface area contributed by atoms with E-state index in [1.807, 2.05) is 42.5 Å². The van der Waals surface area contributed by atoms with Crippen molar-refractivity contribution in [3.05, 3.63) is 66.5 Å². The molecular formula is C16H19N5. The van der Waals surface area contributed by atoms with Crippen LogP contribution in [0.1, 0.15) is 11.4 Å². The molecule has 0 unspecified atom stereocenters. The van der Waals surface area contributed by atoms with Crippen molar-refractivity contribution >= 4 is 0 Å². The third-order valence-electron chi connectivity index (χ3n) is 3.50. The molecule has 0 spiro atoms. The maximum Gasteiger partial charge on any atom is 0.109 e. The van der Waals surface area contributed by atoms with Crippen molar-refractivity contribution in [3.8, 4) is 5.69 Å². The fourth-order valence-corrected chi connectivity index (χ4v) is 2.36. The van der Waals surface area contributed by atoms with Crippen molar-refractivity contribution in [3.63, 3.8) is 0 Å². The highest BCUT2D eigenvalue weighted by atomic mass is 15.3. The summed E-state index contributed by atoms with van der Waals surface area (Å²) in [4.78, 5) is 4.33. The van der Waals surface area contributed by atoms with Gasteiger partial charge in [-0.05, 0) is 17.7 Å². The molecule has 3 rings (SSSR count). The van der Waals surface area contributed by atoms with Crippen LogP contribution in [0.5, 0.6) is 0 Å². The first-order valence-corrected chi connectivity index (χ1v) is 7.09. The van der Waals surface area contributed by atoms with Crippen LogP contribution in [0.2, 0.25) is 0 Å². The van der Waals surface area contributed by atoms with Gasteiger partial charge in [-0.2, -0.15) is 5.10 Å². The third kappa shape index (κ3) is 3.20. The van der Waals surface area contributed by atoms with E-state index in [-0.39, 0.29) is 0 Å². The Hall–Kier alpha value is -2.40. The van der Waals surface area contributed by atoms with Gasteiger partial charge in [0.1, 0.15) is 5.82 Å². The molecule has 0 saturated carbocycles. The largest absolute Gasteiger partial charge is 0.338 e. The predicted octanol–water partition coefficient (Wildman–Crippen LogP) is 1.94. The molecule has 5 nitrogen and oxygen atoms in total. The summed E-state index contributed by atoms with van der Waals surface area (Å²) in [5.41, 5.74) is 2.35. The van der Waals surface area contributed by atoms with E-state index >= 15 is 0 Å².